The Morgan fingerprint density at radius 2 is 1.72 bits per heavy atom. The SMILES string of the molecule is C[C@H]1CN(c2ccc(C(F)(F)F)cc2)C(=O)c2c(-c3ccc(N4CCN(C(=O)O)CC4)nc3)cnn21. The maximum atomic E-state index is 13.5. The van der Waals surface area contributed by atoms with Crippen molar-refractivity contribution in [3.8, 4) is 11.1 Å². The number of carboxylic acid groups (broad SMARTS) is 1. The number of alkyl halides is 3. The molecular weight excluding hydrogens is 477 g/mol. The van der Waals surface area contributed by atoms with Crippen molar-refractivity contribution < 1.29 is 27.9 Å². The van der Waals surface area contributed by atoms with Gasteiger partial charge in [-0.25, -0.2) is 9.78 Å². The first-order chi connectivity index (χ1) is 17.1. The smallest absolute Gasteiger partial charge is 0.416 e. The van der Waals surface area contributed by atoms with Crippen LogP contribution in [0.4, 0.5) is 29.5 Å². The predicted molar refractivity (Wildman–Crippen MR) is 125 cm³/mol. The van der Waals surface area contributed by atoms with E-state index in [1.807, 2.05) is 24.0 Å². The van der Waals surface area contributed by atoms with Crippen LogP contribution in [0.25, 0.3) is 11.1 Å². The Bertz CT molecular complexity index is 1280. The van der Waals surface area contributed by atoms with E-state index < -0.39 is 17.8 Å². The third-order valence-corrected chi connectivity index (χ3v) is 6.55. The Balaban J connectivity index is 1.39. The van der Waals surface area contributed by atoms with E-state index in [0.717, 1.165) is 12.1 Å². The van der Waals surface area contributed by atoms with Crippen LogP contribution in [0.2, 0.25) is 0 Å². The van der Waals surface area contributed by atoms with E-state index in [4.69, 9.17) is 5.11 Å². The number of hydrogen-bond acceptors (Lipinski definition) is 5. The van der Waals surface area contributed by atoms with Gasteiger partial charge in [0, 0.05) is 55.7 Å². The van der Waals surface area contributed by atoms with Crippen LogP contribution in [-0.4, -0.2) is 69.5 Å². The number of carbonyl (C=O) groups is 2. The lowest BCUT2D eigenvalue weighted by molar-refractivity contribution is -0.137. The summed E-state index contributed by atoms with van der Waals surface area (Å²) in [6, 6.07) is 8.02. The molecule has 0 saturated carbocycles. The van der Waals surface area contributed by atoms with E-state index in [2.05, 4.69) is 10.1 Å². The Morgan fingerprint density at radius 1 is 1.03 bits per heavy atom. The fraction of sp³-hybridized carbons (Fsp3) is 0.333. The highest BCUT2D eigenvalue weighted by Crippen LogP contribution is 2.35. The van der Waals surface area contributed by atoms with Gasteiger partial charge in [0.2, 0.25) is 0 Å². The average Bonchev–Trinajstić information content (AvgIpc) is 3.32. The Morgan fingerprint density at radius 3 is 2.31 bits per heavy atom. The van der Waals surface area contributed by atoms with Crippen molar-refractivity contribution in [3.63, 3.8) is 0 Å². The minimum Gasteiger partial charge on any atom is -0.465 e. The third kappa shape index (κ3) is 4.23. The molecule has 0 unspecified atom stereocenters. The molecule has 1 saturated heterocycles. The molecule has 2 amide bonds. The molecule has 12 heteroatoms. The number of benzene rings is 1. The maximum Gasteiger partial charge on any atom is 0.416 e. The van der Waals surface area contributed by atoms with Crippen molar-refractivity contribution >= 4 is 23.5 Å². The minimum absolute atomic E-state index is 0.188. The number of anilines is 2. The summed E-state index contributed by atoms with van der Waals surface area (Å²) in [5.74, 6) is 0.352. The summed E-state index contributed by atoms with van der Waals surface area (Å²) >= 11 is 0. The van der Waals surface area contributed by atoms with Crippen molar-refractivity contribution in [2.75, 3.05) is 42.5 Å². The van der Waals surface area contributed by atoms with Crippen molar-refractivity contribution in [3.05, 3.63) is 60.0 Å². The van der Waals surface area contributed by atoms with Gasteiger partial charge in [-0.3, -0.25) is 9.48 Å². The standard InChI is InChI=1S/C24H23F3N6O3/c1-15-14-32(18-5-3-17(4-6-18)24(25,26)27)22(34)21-19(13-29-33(15)21)16-2-7-20(28-12-16)30-8-10-31(11-9-30)23(35)36/h2-7,12-13,15H,8-11,14H2,1H3,(H,35,36)/t15-/m0/s1. The molecule has 1 fully saturated rings. The van der Waals surface area contributed by atoms with Crippen LogP contribution < -0.4 is 9.80 Å². The lowest BCUT2D eigenvalue weighted by Crippen LogP contribution is -2.48. The Kier molecular flexibility index (Phi) is 5.81. The molecule has 2 aromatic heterocycles. The van der Waals surface area contributed by atoms with Crippen LogP contribution in [0.5, 0.6) is 0 Å². The van der Waals surface area contributed by atoms with E-state index in [0.29, 0.717) is 54.5 Å². The Hall–Kier alpha value is -4.09. The van der Waals surface area contributed by atoms with E-state index in [9.17, 15) is 22.8 Å². The maximum absolute atomic E-state index is 13.5. The molecule has 0 aliphatic carbocycles. The number of pyridine rings is 1. The molecule has 0 bridgehead atoms. The van der Waals surface area contributed by atoms with Gasteiger partial charge in [0.15, 0.2) is 0 Å². The number of rotatable bonds is 3. The summed E-state index contributed by atoms with van der Waals surface area (Å²) in [6.45, 7) is 4.00. The van der Waals surface area contributed by atoms with Crippen LogP contribution in [0.1, 0.15) is 29.0 Å². The van der Waals surface area contributed by atoms with Gasteiger partial charge in [-0.2, -0.15) is 18.3 Å². The van der Waals surface area contributed by atoms with Gasteiger partial charge in [-0.05, 0) is 43.3 Å². The molecule has 0 spiro atoms. The third-order valence-electron chi connectivity index (χ3n) is 6.55. The number of nitrogens with zero attached hydrogens (tertiary/aromatic N) is 6. The van der Waals surface area contributed by atoms with Gasteiger partial charge in [0.25, 0.3) is 5.91 Å². The largest absolute Gasteiger partial charge is 0.465 e. The number of hydrogen-bond donors (Lipinski definition) is 1. The molecule has 5 rings (SSSR count). The summed E-state index contributed by atoms with van der Waals surface area (Å²) in [6.07, 6.45) is -2.14. The first-order valence-electron chi connectivity index (χ1n) is 11.4. The highest BCUT2D eigenvalue weighted by atomic mass is 19.4. The van der Waals surface area contributed by atoms with Crippen molar-refractivity contribution in [2.45, 2.75) is 19.1 Å². The van der Waals surface area contributed by atoms with Gasteiger partial charge in [0.05, 0.1) is 17.8 Å². The number of aromatic nitrogens is 3. The summed E-state index contributed by atoms with van der Waals surface area (Å²) in [7, 11) is 0. The summed E-state index contributed by atoms with van der Waals surface area (Å²) in [5.41, 5.74) is 1.22. The van der Waals surface area contributed by atoms with E-state index >= 15 is 0 Å². The number of amides is 2. The fourth-order valence-corrected chi connectivity index (χ4v) is 4.59. The number of fused-ring (bicyclic) bond motifs is 1. The number of carbonyl (C=O) groups excluding carboxylic acids is 1. The zero-order chi connectivity index (χ0) is 25.6. The lowest BCUT2D eigenvalue weighted by atomic mass is 10.0. The van der Waals surface area contributed by atoms with E-state index in [1.54, 1.807) is 17.1 Å². The zero-order valence-corrected chi connectivity index (χ0v) is 19.3. The van der Waals surface area contributed by atoms with Crippen LogP contribution in [0, 0.1) is 0 Å². The first kappa shape index (κ1) is 23.6. The minimum atomic E-state index is -4.45. The summed E-state index contributed by atoms with van der Waals surface area (Å²) in [5, 5.41) is 13.5. The second-order valence-corrected chi connectivity index (χ2v) is 8.82. The fourth-order valence-electron chi connectivity index (χ4n) is 4.59. The molecule has 3 aromatic rings. The van der Waals surface area contributed by atoms with Gasteiger partial charge < -0.3 is 19.8 Å². The molecule has 4 heterocycles. The average molecular weight is 500 g/mol. The highest BCUT2D eigenvalue weighted by Gasteiger charge is 2.35. The van der Waals surface area contributed by atoms with Gasteiger partial charge in [-0.15, -0.1) is 0 Å². The normalized spacial score (nSPS) is 18.4. The van der Waals surface area contributed by atoms with Crippen LogP contribution in [-0.2, 0) is 6.18 Å². The summed E-state index contributed by atoms with van der Waals surface area (Å²) in [4.78, 5) is 33.9. The summed E-state index contributed by atoms with van der Waals surface area (Å²) < 4.78 is 40.5. The van der Waals surface area contributed by atoms with Crippen LogP contribution in [0.15, 0.2) is 48.8 Å². The second kappa shape index (κ2) is 8.85. The number of piperazine rings is 1. The molecule has 2 aliphatic heterocycles. The predicted octanol–water partition coefficient (Wildman–Crippen LogP) is 3.99. The molecule has 36 heavy (non-hydrogen) atoms. The molecule has 0 radical (unpaired) electrons. The number of halogens is 3. The van der Waals surface area contributed by atoms with Crippen molar-refractivity contribution in [1.29, 1.82) is 0 Å². The van der Waals surface area contributed by atoms with Crippen LogP contribution >= 0.6 is 0 Å². The van der Waals surface area contributed by atoms with Crippen molar-refractivity contribution in [1.82, 2.24) is 19.7 Å². The topological polar surface area (TPSA) is 94.8 Å². The molecule has 2 aliphatic rings. The molecular formula is C24H23F3N6O3. The quantitative estimate of drug-likeness (QED) is 0.585. The van der Waals surface area contributed by atoms with Gasteiger partial charge in [-0.1, -0.05) is 0 Å². The lowest BCUT2D eigenvalue weighted by Gasteiger charge is -2.34. The van der Waals surface area contributed by atoms with Gasteiger partial charge in [0.1, 0.15) is 11.5 Å². The molecule has 1 atom stereocenters. The first-order valence-corrected chi connectivity index (χ1v) is 11.4. The Labute approximate surface area is 204 Å². The van der Waals surface area contributed by atoms with Gasteiger partial charge >= 0.3 is 12.3 Å². The molecule has 1 N–H and O–H groups in total. The molecule has 1 aromatic carbocycles. The zero-order valence-electron chi connectivity index (χ0n) is 19.3. The molecule has 9 nitrogen and oxygen atoms in total. The van der Waals surface area contributed by atoms with Crippen molar-refractivity contribution in [2.24, 2.45) is 0 Å². The van der Waals surface area contributed by atoms with E-state index in [-0.39, 0.29) is 18.5 Å². The second-order valence-electron chi connectivity index (χ2n) is 8.82. The monoisotopic (exact) mass is 500 g/mol. The highest BCUT2D eigenvalue weighted by molar-refractivity contribution is 6.09. The van der Waals surface area contributed by atoms with Crippen LogP contribution in [0.3, 0.4) is 0 Å². The molecule has 188 valence electrons. The van der Waals surface area contributed by atoms with E-state index in [1.165, 1.54) is 21.9 Å².